The molecule has 16 nitrogen and oxygen atoms in total. The number of ether oxygens (including phenoxy) is 7. The van der Waals surface area contributed by atoms with Crippen LogP contribution in [0.2, 0.25) is 0 Å². The maximum Gasteiger partial charge on any atom is 0.303 e. The summed E-state index contributed by atoms with van der Waals surface area (Å²) in [6, 6.07) is 0. The molecule has 8 fully saturated rings. The molecule has 16 heteroatoms. The lowest BCUT2D eigenvalue weighted by atomic mass is 9.41. The molecule has 8 rings (SSSR count). The van der Waals surface area contributed by atoms with Crippen LogP contribution in [-0.2, 0) is 42.7 Å². The SMILES string of the molecule is CC(=O)O[C@@H]1[C@@H](OC(C)=O)[C@H](O[C@H]2CC[C@]34C[C@]35CC[C@]3(C)[C@@H]([C@@]6(C)CC[C@@H](C(C)(C)O)O6)[C@@H](O)C[C@@]3(C)[C@@H]5C[C@H](O[C@@H]3O[C@H](CO)[C@@H](O)[C@H](O)[C@H]3O)[C@H]4C2(C)C)OC[C@H]1O. The van der Waals surface area contributed by atoms with Crippen molar-refractivity contribution in [2.75, 3.05) is 13.2 Å². The third-order valence-corrected chi connectivity index (χ3v) is 18.2. The Hall–Kier alpha value is -1.54. The number of esters is 2. The average molecular weight is 869 g/mol. The first-order chi connectivity index (χ1) is 28.3. The molecular formula is C45H72O16. The van der Waals surface area contributed by atoms with Gasteiger partial charge in [0.05, 0.1) is 48.8 Å². The molecule has 0 bridgehead atoms. The summed E-state index contributed by atoms with van der Waals surface area (Å²) >= 11 is 0. The molecule has 0 aromatic rings. The van der Waals surface area contributed by atoms with Gasteiger partial charge in [-0.15, -0.1) is 0 Å². The molecule has 3 saturated heterocycles. The highest BCUT2D eigenvalue weighted by Crippen LogP contribution is 2.89. The molecule has 348 valence electrons. The monoisotopic (exact) mass is 868 g/mol. The number of fused-ring (bicyclic) bond motifs is 2. The summed E-state index contributed by atoms with van der Waals surface area (Å²) in [6.07, 6.45) is -7.80. The predicted molar refractivity (Wildman–Crippen MR) is 213 cm³/mol. The zero-order valence-corrected chi connectivity index (χ0v) is 37.3. The molecule has 61 heavy (non-hydrogen) atoms. The highest BCUT2D eigenvalue weighted by Gasteiger charge is 2.85. The summed E-state index contributed by atoms with van der Waals surface area (Å²) in [5.74, 6) is -1.67. The van der Waals surface area contributed by atoms with Gasteiger partial charge in [0.25, 0.3) is 0 Å². The third kappa shape index (κ3) is 6.89. The summed E-state index contributed by atoms with van der Waals surface area (Å²) in [4.78, 5) is 24.5. The predicted octanol–water partition coefficient (Wildman–Crippen LogP) is 1.87. The van der Waals surface area contributed by atoms with E-state index in [9.17, 15) is 45.3 Å². The highest BCUT2D eigenvalue weighted by molar-refractivity contribution is 5.67. The lowest BCUT2D eigenvalue weighted by Crippen LogP contribution is -2.65. The maximum atomic E-state index is 12.4. The van der Waals surface area contributed by atoms with E-state index in [1.807, 2.05) is 0 Å². The minimum absolute atomic E-state index is 0.0638. The van der Waals surface area contributed by atoms with Gasteiger partial charge < -0.3 is 68.9 Å². The first-order valence-corrected chi connectivity index (χ1v) is 22.6. The van der Waals surface area contributed by atoms with Gasteiger partial charge in [-0.1, -0.05) is 27.7 Å². The first-order valence-electron chi connectivity index (χ1n) is 22.6. The standard InChI is InChI=1S/C45H72O16/c1-21(47)56-33-24(50)19-55-38(34(33)57-22(2)48)60-28-11-13-45-20-44(45)15-14-41(7)35(43(9)12-10-29(61-43)40(5,6)54)23(49)17-42(41,8)27(44)16-25(36(45)39(28,3)4)58-37-32(53)31(52)30(51)26(18-46)59-37/h23-38,46,49-54H,10-20H2,1-9H3/t23-,24+,25-,26+,27-,28-,29-,30+,31-,32+,33-,34+,35-,36-,37+,38-,41+,42-,43+,44-,45+/m0/s1. The normalized spacial score (nSPS) is 53.8. The fourth-order valence-corrected chi connectivity index (χ4v) is 15.5. The van der Waals surface area contributed by atoms with Crippen LogP contribution in [0, 0.1) is 44.8 Å². The molecule has 21 atom stereocenters. The second kappa shape index (κ2) is 15.3. The van der Waals surface area contributed by atoms with Crippen LogP contribution >= 0.6 is 0 Å². The zero-order valence-electron chi connectivity index (χ0n) is 37.3. The second-order valence-corrected chi connectivity index (χ2v) is 22.2. The quantitative estimate of drug-likeness (QED) is 0.129. The third-order valence-electron chi connectivity index (χ3n) is 18.2. The summed E-state index contributed by atoms with van der Waals surface area (Å²) in [5.41, 5.74) is -3.46. The van der Waals surface area contributed by atoms with Gasteiger partial charge in [-0.2, -0.15) is 0 Å². The van der Waals surface area contributed by atoms with Gasteiger partial charge in [-0.3, -0.25) is 9.59 Å². The Kier molecular flexibility index (Phi) is 11.5. The molecule has 3 heterocycles. The minimum Gasteiger partial charge on any atom is -0.455 e. The number of carbonyl (C=O) groups excluding carboxylic acids is 2. The van der Waals surface area contributed by atoms with Crippen LogP contribution in [0.15, 0.2) is 0 Å². The fraction of sp³-hybridized carbons (Fsp3) is 0.956. The Morgan fingerprint density at radius 2 is 1.43 bits per heavy atom. The van der Waals surface area contributed by atoms with Crippen molar-refractivity contribution in [1.29, 1.82) is 0 Å². The zero-order chi connectivity index (χ0) is 44.6. The van der Waals surface area contributed by atoms with Crippen molar-refractivity contribution in [3.63, 3.8) is 0 Å². The van der Waals surface area contributed by atoms with E-state index in [0.717, 1.165) is 32.1 Å². The van der Waals surface area contributed by atoms with Crippen molar-refractivity contribution in [2.24, 2.45) is 44.8 Å². The minimum atomic E-state index is -1.63. The van der Waals surface area contributed by atoms with Crippen LogP contribution in [0.5, 0.6) is 0 Å². The second-order valence-electron chi connectivity index (χ2n) is 22.2. The van der Waals surface area contributed by atoms with E-state index in [-0.39, 0.29) is 52.1 Å². The van der Waals surface area contributed by atoms with Crippen LogP contribution in [0.3, 0.4) is 0 Å². The van der Waals surface area contributed by atoms with Crippen LogP contribution in [0.4, 0.5) is 0 Å². The van der Waals surface area contributed by atoms with Gasteiger partial charge in [0.2, 0.25) is 0 Å². The fourth-order valence-electron chi connectivity index (χ4n) is 15.5. The molecule has 0 aromatic carbocycles. The van der Waals surface area contributed by atoms with Crippen LogP contribution in [0.1, 0.15) is 120 Å². The van der Waals surface area contributed by atoms with Crippen molar-refractivity contribution < 1.29 is 78.5 Å². The molecular weight excluding hydrogens is 796 g/mol. The molecule has 3 aliphatic heterocycles. The Morgan fingerprint density at radius 3 is 2.05 bits per heavy atom. The Labute approximate surface area is 358 Å². The van der Waals surface area contributed by atoms with Crippen LogP contribution in [0.25, 0.3) is 0 Å². The van der Waals surface area contributed by atoms with E-state index < -0.39 is 109 Å². The lowest BCUT2D eigenvalue weighted by Gasteiger charge is -2.65. The summed E-state index contributed by atoms with van der Waals surface area (Å²) < 4.78 is 43.6. The molecule has 0 aromatic heterocycles. The van der Waals surface area contributed by atoms with E-state index in [1.54, 1.807) is 13.8 Å². The largest absolute Gasteiger partial charge is 0.455 e. The van der Waals surface area contributed by atoms with E-state index >= 15 is 0 Å². The van der Waals surface area contributed by atoms with E-state index in [1.165, 1.54) is 13.8 Å². The number of aliphatic hydroxyl groups is 7. The number of hydrogen-bond acceptors (Lipinski definition) is 16. The molecule has 0 unspecified atom stereocenters. The summed E-state index contributed by atoms with van der Waals surface area (Å²) in [6.45, 7) is 16.1. The van der Waals surface area contributed by atoms with Crippen LogP contribution in [-0.4, -0.2) is 152 Å². The molecule has 8 aliphatic rings. The van der Waals surface area contributed by atoms with Gasteiger partial charge >= 0.3 is 11.9 Å². The van der Waals surface area contributed by atoms with Gasteiger partial charge in [0.15, 0.2) is 24.8 Å². The van der Waals surface area contributed by atoms with Crippen LogP contribution < -0.4 is 0 Å². The van der Waals surface area contributed by atoms with E-state index in [2.05, 4.69) is 34.6 Å². The molecule has 5 saturated carbocycles. The Bertz CT molecular complexity index is 1680. The first kappa shape index (κ1) is 46.0. The molecule has 7 N–H and O–H groups in total. The number of hydrogen-bond donors (Lipinski definition) is 7. The van der Waals surface area contributed by atoms with Gasteiger partial charge in [-0.05, 0) is 117 Å². The van der Waals surface area contributed by atoms with Crippen molar-refractivity contribution in [2.45, 2.75) is 211 Å². The molecule has 0 amide bonds. The van der Waals surface area contributed by atoms with E-state index in [4.69, 9.17) is 33.2 Å². The Morgan fingerprint density at radius 1 is 0.754 bits per heavy atom. The number of aliphatic hydroxyl groups excluding tert-OH is 6. The van der Waals surface area contributed by atoms with E-state index in [0.29, 0.717) is 25.7 Å². The lowest BCUT2D eigenvalue weighted by molar-refractivity contribution is -0.339. The number of carbonyl (C=O) groups is 2. The van der Waals surface area contributed by atoms with Crippen molar-refractivity contribution in [3.8, 4) is 0 Å². The van der Waals surface area contributed by atoms with Gasteiger partial charge in [-0.25, -0.2) is 0 Å². The maximum absolute atomic E-state index is 12.4. The highest BCUT2D eigenvalue weighted by atomic mass is 16.7. The van der Waals surface area contributed by atoms with Gasteiger partial charge in [0, 0.05) is 19.8 Å². The number of rotatable bonds is 9. The average Bonchev–Trinajstić information content (AvgIpc) is 3.52. The summed E-state index contributed by atoms with van der Waals surface area (Å²) in [5, 5.41) is 77.1. The molecule has 0 radical (unpaired) electrons. The van der Waals surface area contributed by atoms with Crippen molar-refractivity contribution in [1.82, 2.24) is 0 Å². The Balaban J connectivity index is 1.15. The summed E-state index contributed by atoms with van der Waals surface area (Å²) in [7, 11) is 0. The van der Waals surface area contributed by atoms with Crippen molar-refractivity contribution >= 4 is 11.9 Å². The molecule has 2 spiro atoms. The molecule has 5 aliphatic carbocycles. The van der Waals surface area contributed by atoms with Crippen molar-refractivity contribution in [3.05, 3.63) is 0 Å². The topological polar surface area (TPSA) is 240 Å². The smallest absolute Gasteiger partial charge is 0.303 e. The van der Waals surface area contributed by atoms with Gasteiger partial charge in [0.1, 0.15) is 30.5 Å².